The standard InChI is InChI=1S/C17H18N4/c1-12-6-8-13(9-7-12)21-16-15(5-3-11-19-16)20-17(21)14-4-2-10-18-14/h3,5-9,11,14,18H,2,4,10H2,1H3. The van der Waals surface area contributed by atoms with E-state index in [0.717, 1.165) is 35.6 Å². The number of hydrogen-bond acceptors (Lipinski definition) is 3. The fourth-order valence-electron chi connectivity index (χ4n) is 3.02. The van der Waals surface area contributed by atoms with Crippen molar-refractivity contribution in [2.45, 2.75) is 25.8 Å². The molecule has 0 radical (unpaired) electrons. The molecule has 1 aliphatic heterocycles. The van der Waals surface area contributed by atoms with Crippen molar-refractivity contribution in [2.75, 3.05) is 6.54 Å². The van der Waals surface area contributed by atoms with E-state index in [9.17, 15) is 0 Å². The SMILES string of the molecule is Cc1ccc(-n2c(C3CCCN3)nc3cccnc32)cc1. The molecule has 1 unspecified atom stereocenters. The Kier molecular flexibility index (Phi) is 2.97. The summed E-state index contributed by atoms with van der Waals surface area (Å²) in [7, 11) is 0. The molecule has 0 bridgehead atoms. The van der Waals surface area contributed by atoms with Gasteiger partial charge >= 0.3 is 0 Å². The van der Waals surface area contributed by atoms with Gasteiger partial charge in [-0.15, -0.1) is 0 Å². The van der Waals surface area contributed by atoms with E-state index in [4.69, 9.17) is 4.98 Å². The van der Waals surface area contributed by atoms with Crippen molar-refractivity contribution in [3.63, 3.8) is 0 Å². The topological polar surface area (TPSA) is 42.7 Å². The maximum absolute atomic E-state index is 4.83. The second-order valence-corrected chi connectivity index (χ2v) is 5.64. The number of fused-ring (bicyclic) bond motifs is 1. The smallest absolute Gasteiger partial charge is 0.164 e. The molecule has 4 rings (SSSR count). The van der Waals surface area contributed by atoms with E-state index in [0.29, 0.717) is 6.04 Å². The van der Waals surface area contributed by atoms with E-state index < -0.39 is 0 Å². The third-order valence-corrected chi connectivity index (χ3v) is 4.11. The minimum absolute atomic E-state index is 0.320. The quantitative estimate of drug-likeness (QED) is 0.783. The predicted molar refractivity (Wildman–Crippen MR) is 83.6 cm³/mol. The summed E-state index contributed by atoms with van der Waals surface area (Å²) in [5.41, 5.74) is 4.29. The first kappa shape index (κ1) is 12.5. The summed E-state index contributed by atoms with van der Waals surface area (Å²) >= 11 is 0. The lowest BCUT2D eigenvalue weighted by Crippen LogP contribution is -2.17. The molecule has 106 valence electrons. The Balaban J connectivity index is 1.95. The van der Waals surface area contributed by atoms with Crippen LogP contribution in [0.4, 0.5) is 0 Å². The second kappa shape index (κ2) is 4.97. The maximum atomic E-state index is 4.83. The van der Waals surface area contributed by atoms with Crippen LogP contribution in [0.3, 0.4) is 0 Å². The molecule has 0 saturated carbocycles. The summed E-state index contributed by atoms with van der Waals surface area (Å²) in [6, 6.07) is 12.9. The second-order valence-electron chi connectivity index (χ2n) is 5.64. The molecule has 4 nitrogen and oxygen atoms in total. The van der Waals surface area contributed by atoms with Gasteiger partial charge in [-0.3, -0.25) is 4.57 Å². The van der Waals surface area contributed by atoms with Crippen molar-refractivity contribution in [1.29, 1.82) is 0 Å². The van der Waals surface area contributed by atoms with Crippen LogP contribution in [0.1, 0.15) is 30.3 Å². The van der Waals surface area contributed by atoms with Crippen LogP contribution in [0.25, 0.3) is 16.9 Å². The Morgan fingerprint density at radius 1 is 1.19 bits per heavy atom. The number of aryl methyl sites for hydroxylation is 1. The Morgan fingerprint density at radius 3 is 2.81 bits per heavy atom. The van der Waals surface area contributed by atoms with E-state index in [1.807, 2.05) is 18.3 Å². The highest BCUT2D eigenvalue weighted by molar-refractivity contribution is 5.74. The Morgan fingerprint density at radius 2 is 2.05 bits per heavy atom. The minimum atomic E-state index is 0.320. The van der Waals surface area contributed by atoms with Crippen LogP contribution in [-0.2, 0) is 0 Å². The van der Waals surface area contributed by atoms with Crippen LogP contribution in [0, 0.1) is 6.92 Å². The van der Waals surface area contributed by atoms with Gasteiger partial charge in [-0.25, -0.2) is 9.97 Å². The van der Waals surface area contributed by atoms with Crippen molar-refractivity contribution < 1.29 is 0 Å². The van der Waals surface area contributed by atoms with E-state index >= 15 is 0 Å². The molecule has 1 saturated heterocycles. The molecule has 0 aliphatic carbocycles. The third-order valence-electron chi connectivity index (χ3n) is 4.11. The zero-order valence-corrected chi connectivity index (χ0v) is 12.1. The fraction of sp³-hybridized carbons (Fsp3) is 0.294. The van der Waals surface area contributed by atoms with Gasteiger partial charge in [0.15, 0.2) is 5.65 Å². The summed E-state index contributed by atoms with van der Waals surface area (Å²) in [4.78, 5) is 9.38. The molecule has 1 aromatic carbocycles. The average Bonchev–Trinajstić information content (AvgIpc) is 3.15. The Hall–Kier alpha value is -2.20. The van der Waals surface area contributed by atoms with Gasteiger partial charge in [0.2, 0.25) is 0 Å². The van der Waals surface area contributed by atoms with Gasteiger partial charge in [0, 0.05) is 11.9 Å². The van der Waals surface area contributed by atoms with Crippen molar-refractivity contribution >= 4 is 11.2 Å². The van der Waals surface area contributed by atoms with Crippen LogP contribution in [0.5, 0.6) is 0 Å². The molecule has 21 heavy (non-hydrogen) atoms. The zero-order chi connectivity index (χ0) is 14.2. The highest BCUT2D eigenvalue weighted by atomic mass is 15.2. The first-order valence-electron chi connectivity index (χ1n) is 7.47. The summed E-state index contributed by atoms with van der Waals surface area (Å²) in [5, 5.41) is 3.54. The number of hydrogen-bond donors (Lipinski definition) is 1. The molecule has 0 amide bonds. The molecule has 1 N–H and O–H groups in total. The fourth-order valence-corrected chi connectivity index (χ4v) is 3.02. The van der Waals surface area contributed by atoms with Gasteiger partial charge in [-0.05, 0) is 50.6 Å². The average molecular weight is 278 g/mol. The van der Waals surface area contributed by atoms with Gasteiger partial charge in [0.05, 0.1) is 6.04 Å². The van der Waals surface area contributed by atoms with Crippen molar-refractivity contribution in [1.82, 2.24) is 19.9 Å². The number of benzene rings is 1. The summed E-state index contributed by atoms with van der Waals surface area (Å²) in [6.07, 6.45) is 4.17. The van der Waals surface area contributed by atoms with Gasteiger partial charge in [-0.1, -0.05) is 17.7 Å². The van der Waals surface area contributed by atoms with Gasteiger partial charge in [0.1, 0.15) is 11.3 Å². The van der Waals surface area contributed by atoms with E-state index in [-0.39, 0.29) is 0 Å². The lowest BCUT2D eigenvalue weighted by molar-refractivity contribution is 0.598. The van der Waals surface area contributed by atoms with Crippen molar-refractivity contribution in [3.05, 3.63) is 54.0 Å². The van der Waals surface area contributed by atoms with Gasteiger partial charge in [0.25, 0.3) is 0 Å². The number of rotatable bonds is 2. The van der Waals surface area contributed by atoms with Gasteiger partial charge < -0.3 is 5.32 Å². The van der Waals surface area contributed by atoms with Crippen LogP contribution < -0.4 is 5.32 Å². The first-order chi connectivity index (χ1) is 10.3. The van der Waals surface area contributed by atoms with Gasteiger partial charge in [-0.2, -0.15) is 0 Å². The maximum Gasteiger partial charge on any atom is 0.164 e. The van der Waals surface area contributed by atoms with E-state index in [1.165, 1.54) is 12.0 Å². The molecule has 4 heteroatoms. The Labute approximate surface area is 123 Å². The molecule has 1 atom stereocenters. The van der Waals surface area contributed by atoms with Crippen LogP contribution >= 0.6 is 0 Å². The molecule has 1 aliphatic rings. The summed E-state index contributed by atoms with van der Waals surface area (Å²) in [6.45, 7) is 3.17. The zero-order valence-electron chi connectivity index (χ0n) is 12.1. The number of pyridine rings is 1. The number of nitrogens with zero attached hydrogens (tertiary/aromatic N) is 3. The molecule has 2 aromatic heterocycles. The molecule has 1 fully saturated rings. The van der Waals surface area contributed by atoms with Crippen molar-refractivity contribution in [2.24, 2.45) is 0 Å². The molecular weight excluding hydrogens is 260 g/mol. The van der Waals surface area contributed by atoms with Crippen LogP contribution in [-0.4, -0.2) is 21.1 Å². The highest BCUT2D eigenvalue weighted by Gasteiger charge is 2.24. The number of nitrogens with one attached hydrogen (secondary N) is 1. The normalized spacial score (nSPS) is 18.4. The minimum Gasteiger partial charge on any atom is -0.307 e. The molecular formula is C17H18N4. The highest BCUT2D eigenvalue weighted by Crippen LogP contribution is 2.28. The van der Waals surface area contributed by atoms with Crippen LogP contribution in [0.2, 0.25) is 0 Å². The van der Waals surface area contributed by atoms with Crippen molar-refractivity contribution in [3.8, 4) is 5.69 Å². The predicted octanol–water partition coefficient (Wildman–Crippen LogP) is 3.15. The van der Waals surface area contributed by atoms with E-state index in [2.05, 4.69) is 46.1 Å². The van der Waals surface area contributed by atoms with E-state index in [1.54, 1.807) is 0 Å². The Bertz CT molecular complexity index is 767. The summed E-state index contributed by atoms with van der Waals surface area (Å²) in [5.74, 6) is 1.07. The third kappa shape index (κ3) is 2.12. The number of imidazole rings is 1. The van der Waals surface area contributed by atoms with Crippen LogP contribution in [0.15, 0.2) is 42.6 Å². The lowest BCUT2D eigenvalue weighted by Gasteiger charge is -2.13. The first-order valence-corrected chi connectivity index (χ1v) is 7.47. The largest absolute Gasteiger partial charge is 0.307 e. The molecule has 0 spiro atoms. The molecule has 3 aromatic rings. The monoisotopic (exact) mass is 278 g/mol. The number of aromatic nitrogens is 3. The molecule has 3 heterocycles. The summed E-state index contributed by atoms with van der Waals surface area (Å²) < 4.78 is 2.19. The lowest BCUT2D eigenvalue weighted by atomic mass is 10.2.